The van der Waals surface area contributed by atoms with Gasteiger partial charge in [-0.25, -0.2) is 0 Å². The van der Waals surface area contributed by atoms with Crippen molar-refractivity contribution in [1.82, 2.24) is 5.01 Å². The molecule has 26 heavy (non-hydrogen) atoms. The van der Waals surface area contributed by atoms with Crippen LogP contribution in [0.3, 0.4) is 0 Å². The van der Waals surface area contributed by atoms with Crippen molar-refractivity contribution in [1.29, 1.82) is 0 Å². The molecule has 0 amide bonds. The molecule has 0 saturated heterocycles. The van der Waals surface area contributed by atoms with E-state index in [1.54, 1.807) is 14.2 Å². The van der Waals surface area contributed by atoms with E-state index in [-0.39, 0.29) is 12.3 Å². The summed E-state index contributed by atoms with van der Waals surface area (Å²) in [5.41, 5.74) is 3.32. The standard InChI is InChI=1S/C21H24N2O3/c1-4-7-21-23-17(15-8-5-6-9-18(15)26-21)13-16(22-23)14-10-11-19(24-2)20(12-14)25-3/h5-6,8-12,17,21H,4,7,13H2,1-3H3/t17-,21-/m0/s1. The Morgan fingerprint density at radius 1 is 1.12 bits per heavy atom. The second kappa shape index (κ2) is 6.90. The number of methoxy groups -OCH3 is 2. The molecule has 0 aliphatic carbocycles. The highest BCUT2D eigenvalue weighted by atomic mass is 16.5. The second-order valence-corrected chi connectivity index (χ2v) is 6.62. The number of hydrogen-bond acceptors (Lipinski definition) is 5. The maximum Gasteiger partial charge on any atom is 0.187 e. The summed E-state index contributed by atoms with van der Waals surface area (Å²) in [5, 5.41) is 7.08. The van der Waals surface area contributed by atoms with Crippen molar-refractivity contribution in [3.63, 3.8) is 0 Å². The minimum atomic E-state index is -0.0162. The van der Waals surface area contributed by atoms with Gasteiger partial charge < -0.3 is 14.2 Å². The molecule has 136 valence electrons. The third-order valence-electron chi connectivity index (χ3n) is 5.03. The summed E-state index contributed by atoms with van der Waals surface area (Å²) < 4.78 is 17.0. The van der Waals surface area contributed by atoms with Crippen LogP contribution in [0.2, 0.25) is 0 Å². The smallest absolute Gasteiger partial charge is 0.187 e. The molecule has 0 aromatic heterocycles. The topological polar surface area (TPSA) is 43.3 Å². The van der Waals surface area contributed by atoms with E-state index in [4.69, 9.17) is 19.3 Å². The molecule has 0 unspecified atom stereocenters. The predicted octanol–water partition coefficient (Wildman–Crippen LogP) is 4.37. The van der Waals surface area contributed by atoms with Crippen molar-refractivity contribution in [2.75, 3.05) is 14.2 Å². The van der Waals surface area contributed by atoms with Gasteiger partial charge in [-0.1, -0.05) is 31.5 Å². The molecule has 2 aliphatic rings. The Labute approximate surface area is 154 Å². The molecule has 0 N–H and O–H groups in total. The average molecular weight is 352 g/mol. The zero-order chi connectivity index (χ0) is 18.1. The summed E-state index contributed by atoms with van der Waals surface area (Å²) in [6.45, 7) is 2.17. The van der Waals surface area contributed by atoms with Crippen LogP contribution in [-0.4, -0.2) is 31.2 Å². The van der Waals surface area contributed by atoms with Gasteiger partial charge in [-0.2, -0.15) is 5.10 Å². The molecule has 4 rings (SSSR count). The lowest BCUT2D eigenvalue weighted by Gasteiger charge is -2.38. The zero-order valence-electron chi connectivity index (χ0n) is 15.4. The minimum absolute atomic E-state index is 0.0162. The molecular weight excluding hydrogens is 328 g/mol. The van der Waals surface area contributed by atoms with Gasteiger partial charge in [0.25, 0.3) is 0 Å². The molecular formula is C21H24N2O3. The van der Waals surface area contributed by atoms with Crippen molar-refractivity contribution >= 4 is 5.71 Å². The molecule has 2 atom stereocenters. The van der Waals surface area contributed by atoms with E-state index in [1.807, 2.05) is 24.3 Å². The number of para-hydroxylation sites is 1. The Morgan fingerprint density at radius 2 is 1.92 bits per heavy atom. The van der Waals surface area contributed by atoms with Crippen LogP contribution >= 0.6 is 0 Å². The highest BCUT2D eigenvalue weighted by Crippen LogP contribution is 2.44. The van der Waals surface area contributed by atoms with Crippen molar-refractivity contribution in [2.24, 2.45) is 5.10 Å². The summed E-state index contributed by atoms with van der Waals surface area (Å²) in [6, 6.07) is 14.5. The maximum atomic E-state index is 6.23. The lowest BCUT2D eigenvalue weighted by atomic mass is 9.96. The Kier molecular flexibility index (Phi) is 4.45. The third-order valence-corrected chi connectivity index (χ3v) is 5.03. The maximum absolute atomic E-state index is 6.23. The normalized spacial score (nSPS) is 20.7. The van der Waals surface area contributed by atoms with Crippen LogP contribution < -0.4 is 14.2 Å². The van der Waals surface area contributed by atoms with Crippen LogP contribution in [0.4, 0.5) is 0 Å². The summed E-state index contributed by atoms with van der Waals surface area (Å²) in [5.74, 6) is 2.43. The van der Waals surface area contributed by atoms with Gasteiger partial charge in [-0.15, -0.1) is 0 Å². The third kappa shape index (κ3) is 2.77. The number of nitrogens with zero attached hydrogens (tertiary/aromatic N) is 2. The van der Waals surface area contributed by atoms with E-state index in [9.17, 15) is 0 Å². The summed E-state index contributed by atoms with van der Waals surface area (Å²) in [4.78, 5) is 0. The second-order valence-electron chi connectivity index (χ2n) is 6.62. The largest absolute Gasteiger partial charge is 0.493 e. The number of rotatable bonds is 5. The lowest BCUT2D eigenvalue weighted by Crippen LogP contribution is -2.40. The molecule has 5 heteroatoms. The first-order valence-electron chi connectivity index (χ1n) is 9.09. The van der Waals surface area contributed by atoms with Crippen molar-refractivity contribution in [3.8, 4) is 17.2 Å². The fraction of sp³-hybridized carbons (Fsp3) is 0.381. The lowest BCUT2D eigenvalue weighted by molar-refractivity contribution is -0.0223. The average Bonchev–Trinajstić information content (AvgIpc) is 3.13. The van der Waals surface area contributed by atoms with Gasteiger partial charge in [0.15, 0.2) is 17.7 Å². The van der Waals surface area contributed by atoms with E-state index in [1.165, 1.54) is 5.56 Å². The molecule has 0 radical (unpaired) electrons. The Bertz CT molecular complexity index is 834. The molecule has 2 aliphatic heterocycles. The molecule has 2 heterocycles. The van der Waals surface area contributed by atoms with Gasteiger partial charge in [0.05, 0.1) is 26.0 Å². The highest BCUT2D eigenvalue weighted by molar-refractivity contribution is 6.02. The van der Waals surface area contributed by atoms with Gasteiger partial charge in [-0.05, 0) is 24.3 Å². The van der Waals surface area contributed by atoms with E-state index in [0.717, 1.165) is 47.8 Å². The first kappa shape index (κ1) is 16.8. The van der Waals surface area contributed by atoms with E-state index in [2.05, 4.69) is 30.1 Å². The number of benzene rings is 2. The van der Waals surface area contributed by atoms with Gasteiger partial charge in [0, 0.05) is 24.0 Å². The van der Waals surface area contributed by atoms with Crippen LogP contribution in [0.1, 0.15) is 43.4 Å². The number of hydrazone groups is 1. The highest BCUT2D eigenvalue weighted by Gasteiger charge is 2.39. The fourth-order valence-electron chi connectivity index (χ4n) is 3.74. The van der Waals surface area contributed by atoms with Gasteiger partial charge in [0.1, 0.15) is 5.75 Å². The van der Waals surface area contributed by atoms with E-state index in [0.29, 0.717) is 0 Å². The van der Waals surface area contributed by atoms with Gasteiger partial charge >= 0.3 is 0 Å². The Balaban J connectivity index is 1.70. The van der Waals surface area contributed by atoms with Crippen LogP contribution in [0.5, 0.6) is 17.2 Å². The summed E-state index contributed by atoms with van der Waals surface area (Å²) >= 11 is 0. The first-order chi connectivity index (χ1) is 12.7. The number of ether oxygens (including phenoxy) is 3. The quantitative estimate of drug-likeness (QED) is 0.801. The molecule has 0 bridgehead atoms. The van der Waals surface area contributed by atoms with Crippen molar-refractivity contribution < 1.29 is 14.2 Å². The van der Waals surface area contributed by atoms with E-state index < -0.39 is 0 Å². The van der Waals surface area contributed by atoms with E-state index >= 15 is 0 Å². The molecule has 2 aromatic rings. The first-order valence-corrected chi connectivity index (χ1v) is 9.09. The van der Waals surface area contributed by atoms with Crippen molar-refractivity contribution in [3.05, 3.63) is 53.6 Å². The zero-order valence-corrected chi connectivity index (χ0v) is 15.4. The predicted molar refractivity (Wildman–Crippen MR) is 101 cm³/mol. The fourth-order valence-corrected chi connectivity index (χ4v) is 3.74. The molecule has 0 saturated carbocycles. The van der Waals surface area contributed by atoms with Crippen LogP contribution in [0.15, 0.2) is 47.6 Å². The van der Waals surface area contributed by atoms with Crippen LogP contribution in [-0.2, 0) is 0 Å². The minimum Gasteiger partial charge on any atom is -0.493 e. The molecule has 0 fully saturated rings. The summed E-state index contributed by atoms with van der Waals surface area (Å²) in [6.07, 6.45) is 2.85. The molecule has 2 aromatic carbocycles. The van der Waals surface area contributed by atoms with Crippen LogP contribution in [0, 0.1) is 0 Å². The number of hydrogen-bond donors (Lipinski definition) is 0. The summed E-state index contributed by atoms with van der Waals surface area (Å²) in [7, 11) is 3.30. The van der Waals surface area contributed by atoms with Crippen molar-refractivity contribution in [2.45, 2.75) is 38.5 Å². The Morgan fingerprint density at radius 3 is 2.69 bits per heavy atom. The van der Waals surface area contributed by atoms with Gasteiger partial charge in [-0.3, -0.25) is 5.01 Å². The Hall–Kier alpha value is -2.69. The SMILES string of the molecule is CCC[C@@H]1Oc2ccccc2[C@@H]2CC(c3ccc(OC)c(OC)c3)=NN12. The molecule has 0 spiro atoms. The monoisotopic (exact) mass is 352 g/mol. The number of fused-ring (bicyclic) bond motifs is 3. The van der Waals surface area contributed by atoms with Crippen LogP contribution in [0.25, 0.3) is 0 Å². The van der Waals surface area contributed by atoms with Gasteiger partial charge in [0.2, 0.25) is 0 Å². The molecule has 5 nitrogen and oxygen atoms in total.